The van der Waals surface area contributed by atoms with Gasteiger partial charge in [-0.15, -0.1) is 0 Å². The lowest BCUT2D eigenvalue weighted by Gasteiger charge is -2.50. The normalized spacial score (nSPS) is 43.5. The molecule has 4 aliphatic carbocycles. The van der Waals surface area contributed by atoms with E-state index in [1.54, 1.807) is 5.57 Å². The van der Waals surface area contributed by atoms with Crippen LogP contribution in [-0.4, -0.2) is 7.11 Å². The number of methoxy groups -OCH3 is 1. The number of rotatable bonds is 1. The molecule has 0 amide bonds. The standard InChI is InChI=1S/C19H28O/c1-19-10-3-4-18(19)17-7-5-13-12-14(20-2)6-8-15(13)16(17)9-11-19/h6,16-18H,3-5,7-12H2,1-2H3/t16-,17-,18+,19+/m1/s1. The molecule has 0 bridgehead atoms. The second-order valence-corrected chi connectivity index (χ2v) is 7.88. The van der Waals surface area contributed by atoms with Crippen LogP contribution in [0.25, 0.3) is 0 Å². The SMILES string of the molecule is COC1=CCC2=C(CC[C@@H]3[C@@H]2CC[C@]2(C)CCC[C@@H]32)C1. The summed E-state index contributed by atoms with van der Waals surface area (Å²) in [6, 6.07) is 0. The van der Waals surface area contributed by atoms with Crippen molar-refractivity contribution in [1.29, 1.82) is 0 Å². The molecule has 0 unspecified atom stereocenters. The van der Waals surface area contributed by atoms with Crippen LogP contribution in [0.4, 0.5) is 0 Å². The summed E-state index contributed by atoms with van der Waals surface area (Å²) in [6.45, 7) is 2.59. The first kappa shape index (κ1) is 13.0. The summed E-state index contributed by atoms with van der Waals surface area (Å²) < 4.78 is 5.49. The van der Waals surface area contributed by atoms with Crippen molar-refractivity contribution in [2.24, 2.45) is 23.2 Å². The van der Waals surface area contributed by atoms with E-state index in [0.717, 1.165) is 24.2 Å². The van der Waals surface area contributed by atoms with Crippen molar-refractivity contribution in [2.75, 3.05) is 7.11 Å². The second-order valence-electron chi connectivity index (χ2n) is 7.88. The van der Waals surface area contributed by atoms with Crippen LogP contribution < -0.4 is 0 Å². The minimum absolute atomic E-state index is 0.696. The van der Waals surface area contributed by atoms with Gasteiger partial charge in [-0.05, 0) is 74.2 Å². The highest BCUT2D eigenvalue weighted by Gasteiger charge is 2.50. The van der Waals surface area contributed by atoms with Crippen molar-refractivity contribution >= 4 is 0 Å². The Labute approximate surface area is 123 Å². The molecule has 1 nitrogen and oxygen atoms in total. The van der Waals surface area contributed by atoms with Crippen LogP contribution in [0.15, 0.2) is 23.0 Å². The average Bonchev–Trinajstić information content (AvgIpc) is 2.88. The van der Waals surface area contributed by atoms with Crippen LogP contribution >= 0.6 is 0 Å². The molecule has 0 aromatic rings. The summed E-state index contributed by atoms with van der Waals surface area (Å²) >= 11 is 0. The zero-order chi connectivity index (χ0) is 13.7. The molecule has 0 aromatic carbocycles. The van der Waals surface area contributed by atoms with Gasteiger partial charge in [0, 0.05) is 6.42 Å². The maximum absolute atomic E-state index is 5.49. The molecule has 0 heterocycles. The zero-order valence-corrected chi connectivity index (χ0v) is 13.1. The lowest BCUT2D eigenvalue weighted by molar-refractivity contribution is 0.0422. The van der Waals surface area contributed by atoms with Gasteiger partial charge in [0.05, 0.1) is 12.9 Å². The molecular formula is C19H28O. The maximum atomic E-state index is 5.49. The molecule has 4 aliphatic rings. The Morgan fingerprint density at radius 2 is 2.10 bits per heavy atom. The zero-order valence-electron chi connectivity index (χ0n) is 13.1. The summed E-state index contributed by atoms with van der Waals surface area (Å²) in [5, 5.41) is 0. The van der Waals surface area contributed by atoms with Crippen molar-refractivity contribution in [2.45, 2.75) is 64.7 Å². The Hall–Kier alpha value is -0.720. The molecule has 0 radical (unpaired) electrons. The average molecular weight is 272 g/mol. The van der Waals surface area contributed by atoms with Crippen molar-refractivity contribution < 1.29 is 4.74 Å². The Morgan fingerprint density at radius 3 is 2.95 bits per heavy atom. The highest BCUT2D eigenvalue weighted by atomic mass is 16.5. The quantitative estimate of drug-likeness (QED) is 0.594. The van der Waals surface area contributed by atoms with E-state index in [1.807, 2.05) is 12.7 Å². The molecule has 4 atom stereocenters. The first-order valence-corrected chi connectivity index (χ1v) is 8.65. The first-order valence-electron chi connectivity index (χ1n) is 8.65. The van der Waals surface area contributed by atoms with E-state index in [0.29, 0.717) is 5.41 Å². The van der Waals surface area contributed by atoms with Crippen molar-refractivity contribution in [3.8, 4) is 0 Å². The predicted octanol–water partition coefficient (Wildman–Crippen LogP) is 5.23. The molecule has 1 heteroatoms. The van der Waals surface area contributed by atoms with Gasteiger partial charge >= 0.3 is 0 Å². The van der Waals surface area contributed by atoms with E-state index in [9.17, 15) is 0 Å². The van der Waals surface area contributed by atoms with Gasteiger partial charge in [0.1, 0.15) is 0 Å². The van der Waals surface area contributed by atoms with Gasteiger partial charge in [0.15, 0.2) is 0 Å². The Kier molecular flexibility index (Phi) is 3.01. The van der Waals surface area contributed by atoms with Crippen LogP contribution in [0.1, 0.15) is 64.7 Å². The molecule has 110 valence electrons. The molecule has 2 saturated carbocycles. The van der Waals surface area contributed by atoms with Crippen molar-refractivity contribution in [3.05, 3.63) is 23.0 Å². The number of allylic oxidation sites excluding steroid dienone is 3. The van der Waals surface area contributed by atoms with Crippen LogP contribution in [0.5, 0.6) is 0 Å². The molecular weight excluding hydrogens is 244 g/mol. The lowest BCUT2D eigenvalue weighted by atomic mass is 9.55. The summed E-state index contributed by atoms with van der Waals surface area (Å²) in [5.41, 5.74) is 4.27. The Morgan fingerprint density at radius 1 is 1.20 bits per heavy atom. The van der Waals surface area contributed by atoms with Gasteiger partial charge in [-0.3, -0.25) is 0 Å². The molecule has 2 fully saturated rings. The topological polar surface area (TPSA) is 9.23 Å². The van der Waals surface area contributed by atoms with Crippen LogP contribution in [-0.2, 0) is 4.74 Å². The molecule has 0 N–H and O–H groups in total. The van der Waals surface area contributed by atoms with Gasteiger partial charge in [-0.25, -0.2) is 0 Å². The molecule has 20 heavy (non-hydrogen) atoms. The van der Waals surface area contributed by atoms with E-state index in [2.05, 4.69) is 13.0 Å². The molecule has 0 aromatic heterocycles. The minimum Gasteiger partial charge on any atom is -0.501 e. The van der Waals surface area contributed by atoms with Crippen molar-refractivity contribution in [1.82, 2.24) is 0 Å². The van der Waals surface area contributed by atoms with E-state index in [-0.39, 0.29) is 0 Å². The summed E-state index contributed by atoms with van der Waals surface area (Å²) in [7, 11) is 1.83. The third-order valence-electron chi connectivity index (χ3n) is 7.10. The monoisotopic (exact) mass is 272 g/mol. The lowest BCUT2D eigenvalue weighted by Crippen LogP contribution is -2.41. The predicted molar refractivity (Wildman–Crippen MR) is 82.2 cm³/mol. The number of hydrogen-bond donors (Lipinski definition) is 0. The number of ether oxygens (including phenoxy) is 1. The van der Waals surface area contributed by atoms with Crippen LogP contribution in [0.3, 0.4) is 0 Å². The highest BCUT2D eigenvalue weighted by molar-refractivity contribution is 5.32. The fourth-order valence-corrected chi connectivity index (χ4v) is 6.04. The third kappa shape index (κ3) is 1.81. The third-order valence-corrected chi connectivity index (χ3v) is 7.10. The van der Waals surface area contributed by atoms with Gasteiger partial charge in [-0.2, -0.15) is 0 Å². The fourth-order valence-electron chi connectivity index (χ4n) is 6.04. The van der Waals surface area contributed by atoms with E-state index >= 15 is 0 Å². The Balaban J connectivity index is 1.61. The number of hydrogen-bond acceptors (Lipinski definition) is 1. The van der Waals surface area contributed by atoms with Gasteiger partial charge in [0.25, 0.3) is 0 Å². The summed E-state index contributed by atoms with van der Waals surface area (Å²) in [5.74, 6) is 4.17. The van der Waals surface area contributed by atoms with E-state index in [1.165, 1.54) is 57.1 Å². The van der Waals surface area contributed by atoms with Gasteiger partial charge in [-0.1, -0.05) is 24.5 Å². The first-order chi connectivity index (χ1) is 9.71. The molecule has 0 aliphatic heterocycles. The molecule has 4 rings (SSSR count). The van der Waals surface area contributed by atoms with Gasteiger partial charge < -0.3 is 4.74 Å². The van der Waals surface area contributed by atoms with E-state index in [4.69, 9.17) is 4.74 Å². The maximum Gasteiger partial charge on any atom is 0.0959 e. The van der Waals surface area contributed by atoms with Crippen molar-refractivity contribution in [3.63, 3.8) is 0 Å². The molecule has 0 saturated heterocycles. The smallest absolute Gasteiger partial charge is 0.0959 e. The highest BCUT2D eigenvalue weighted by Crippen LogP contribution is 2.60. The Bertz CT molecular complexity index is 472. The van der Waals surface area contributed by atoms with Gasteiger partial charge in [0.2, 0.25) is 0 Å². The second kappa shape index (κ2) is 4.64. The number of fused-ring (bicyclic) bond motifs is 4. The largest absolute Gasteiger partial charge is 0.501 e. The van der Waals surface area contributed by atoms with Crippen LogP contribution in [0, 0.1) is 23.2 Å². The van der Waals surface area contributed by atoms with E-state index < -0.39 is 0 Å². The fraction of sp³-hybridized carbons (Fsp3) is 0.789. The summed E-state index contributed by atoms with van der Waals surface area (Å²) in [4.78, 5) is 0. The van der Waals surface area contributed by atoms with Crippen LogP contribution in [0.2, 0.25) is 0 Å². The summed E-state index contributed by atoms with van der Waals surface area (Å²) in [6.07, 6.45) is 14.9. The molecule has 0 spiro atoms. The minimum atomic E-state index is 0.696.